The molecule has 2 nitrogen and oxygen atoms in total. The fourth-order valence-electron chi connectivity index (χ4n) is 1.46. The molecule has 1 heterocycles. The maximum Gasteiger partial charge on any atom is 0.128 e. The van der Waals surface area contributed by atoms with Gasteiger partial charge in [0, 0.05) is 12.7 Å². The van der Waals surface area contributed by atoms with Crippen molar-refractivity contribution in [1.29, 1.82) is 0 Å². The van der Waals surface area contributed by atoms with Crippen LogP contribution < -0.4 is 5.32 Å². The summed E-state index contributed by atoms with van der Waals surface area (Å²) in [5.74, 6) is 1.96. The number of rotatable bonds is 3. The van der Waals surface area contributed by atoms with Gasteiger partial charge in [-0.2, -0.15) is 0 Å². The molecule has 0 aromatic carbocycles. The van der Waals surface area contributed by atoms with Crippen LogP contribution in [0.15, 0.2) is 12.3 Å². The van der Waals surface area contributed by atoms with E-state index in [-0.39, 0.29) is 0 Å². The lowest BCUT2D eigenvalue weighted by Crippen LogP contribution is -2.06. The monoisotopic (exact) mass is 176 g/mol. The first kappa shape index (κ1) is 8.54. The van der Waals surface area contributed by atoms with E-state index in [0.717, 1.165) is 18.3 Å². The molecule has 0 amide bonds. The van der Waals surface area contributed by atoms with E-state index in [2.05, 4.69) is 30.2 Å². The summed E-state index contributed by atoms with van der Waals surface area (Å²) in [6.45, 7) is 5.27. The lowest BCUT2D eigenvalue weighted by atomic mass is 10.2. The van der Waals surface area contributed by atoms with Gasteiger partial charge in [0.05, 0.1) is 0 Å². The van der Waals surface area contributed by atoms with Crippen molar-refractivity contribution in [2.24, 2.45) is 5.92 Å². The van der Waals surface area contributed by atoms with Crippen molar-refractivity contribution in [3.05, 3.63) is 23.4 Å². The fourth-order valence-corrected chi connectivity index (χ4v) is 1.46. The topological polar surface area (TPSA) is 24.9 Å². The Morgan fingerprint density at radius 1 is 1.46 bits per heavy atom. The van der Waals surface area contributed by atoms with Gasteiger partial charge in [-0.1, -0.05) is 6.07 Å². The summed E-state index contributed by atoms with van der Waals surface area (Å²) in [7, 11) is 0. The summed E-state index contributed by atoms with van der Waals surface area (Å²) in [6, 6.07) is 2.17. The van der Waals surface area contributed by atoms with Crippen LogP contribution in [-0.2, 0) is 0 Å². The third kappa shape index (κ3) is 2.20. The third-order valence-electron chi connectivity index (χ3n) is 2.47. The predicted molar refractivity (Wildman–Crippen MR) is 54.9 cm³/mol. The maximum absolute atomic E-state index is 4.37. The smallest absolute Gasteiger partial charge is 0.128 e. The number of hydrogen-bond donors (Lipinski definition) is 1. The number of hydrogen-bond acceptors (Lipinski definition) is 2. The normalized spacial score (nSPS) is 15.8. The molecule has 0 saturated heterocycles. The Labute approximate surface area is 79.4 Å². The number of pyridine rings is 1. The van der Waals surface area contributed by atoms with Gasteiger partial charge in [-0.15, -0.1) is 0 Å². The first-order valence-corrected chi connectivity index (χ1v) is 4.93. The largest absolute Gasteiger partial charge is 0.370 e. The molecule has 1 aromatic heterocycles. The third-order valence-corrected chi connectivity index (χ3v) is 2.47. The molecule has 1 fully saturated rings. The van der Waals surface area contributed by atoms with Gasteiger partial charge in [-0.3, -0.25) is 0 Å². The number of nitrogens with one attached hydrogen (secondary N) is 1. The molecule has 13 heavy (non-hydrogen) atoms. The predicted octanol–water partition coefficient (Wildman–Crippen LogP) is 2.52. The van der Waals surface area contributed by atoms with E-state index >= 15 is 0 Å². The van der Waals surface area contributed by atoms with Crippen LogP contribution in [0.3, 0.4) is 0 Å². The molecule has 0 aliphatic heterocycles. The first-order valence-electron chi connectivity index (χ1n) is 4.93. The molecule has 0 atom stereocenters. The van der Waals surface area contributed by atoms with Crippen LogP contribution in [0.4, 0.5) is 5.82 Å². The molecule has 1 aromatic rings. The second kappa shape index (κ2) is 3.36. The highest BCUT2D eigenvalue weighted by molar-refractivity contribution is 5.44. The molecule has 1 aliphatic carbocycles. The number of nitrogens with zero attached hydrogens (tertiary/aromatic N) is 1. The van der Waals surface area contributed by atoms with E-state index in [1.54, 1.807) is 0 Å². The van der Waals surface area contributed by atoms with E-state index in [0.29, 0.717) is 0 Å². The molecular weight excluding hydrogens is 160 g/mol. The first-order chi connectivity index (χ1) is 6.25. The van der Waals surface area contributed by atoms with E-state index in [9.17, 15) is 0 Å². The van der Waals surface area contributed by atoms with Gasteiger partial charge in [0.2, 0.25) is 0 Å². The number of aryl methyl sites for hydroxylation is 2. The van der Waals surface area contributed by atoms with E-state index in [1.807, 2.05) is 6.20 Å². The molecule has 0 spiro atoms. The van der Waals surface area contributed by atoms with Crippen molar-refractivity contribution in [2.75, 3.05) is 11.9 Å². The van der Waals surface area contributed by atoms with Crippen molar-refractivity contribution >= 4 is 5.82 Å². The zero-order chi connectivity index (χ0) is 9.26. The van der Waals surface area contributed by atoms with Gasteiger partial charge < -0.3 is 5.32 Å². The summed E-state index contributed by atoms with van der Waals surface area (Å²) >= 11 is 0. The Bertz CT molecular complexity index is 303. The fraction of sp³-hybridized carbons (Fsp3) is 0.545. The molecule has 2 heteroatoms. The molecule has 2 rings (SSSR count). The van der Waals surface area contributed by atoms with Crippen LogP contribution in [-0.4, -0.2) is 11.5 Å². The lowest BCUT2D eigenvalue weighted by molar-refractivity contribution is 0.880. The van der Waals surface area contributed by atoms with Gasteiger partial charge in [-0.05, 0) is 43.7 Å². The minimum atomic E-state index is 0.905. The van der Waals surface area contributed by atoms with Crippen LogP contribution in [0.25, 0.3) is 0 Å². The quantitative estimate of drug-likeness (QED) is 0.765. The average molecular weight is 176 g/mol. The van der Waals surface area contributed by atoms with Crippen LogP contribution in [0.2, 0.25) is 0 Å². The number of anilines is 1. The highest BCUT2D eigenvalue weighted by atomic mass is 15.0. The van der Waals surface area contributed by atoms with Gasteiger partial charge >= 0.3 is 0 Å². The average Bonchev–Trinajstić information content (AvgIpc) is 2.86. The van der Waals surface area contributed by atoms with Crippen LogP contribution in [0, 0.1) is 19.8 Å². The van der Waals surface area contributed by atoms with E-state index in [1.165, 1.54) is 24.0 Å². The molecule has 1 saturated carbocycles. The second-order valence-corrected chi connectivity index (χ2v) is 4.00. The lowest BCUT2D eigenvalue weighted by Gasteiger charge is -2.07. The van der Waals surface area contributed by atoms with E-state index in [4.69, 9.17) is 0 Å². The van der Waals surface area contributed by atoms with Crippen molar-refractivity contribution in [1.82, 2.24) is 4.98 Å². The van der Waals surface area contributed by atoms with Crippen molar-refractivity contribution in [3.8, 4) is 0 Å². The zero-order valence-corrected chi connectivity index (χ0v) is 8.30. The number of aromatic nitrogens is 1. The summed E-state index contributed by atoms with van der Waals surface area (Å²) in [6.07, 6.45) is 4.69. The Morgan fingerprint density at radius 3 is 2.85 bits per heavy atom. The van der Waals surface area contributed by atoms with Crippen molar-refractivity contribution in [2.45, 2.75) is 26.7 Å². The Hall–Kier alpha value is -1.05. The minimum Gasteiger partial charge on any atom is -0.370 e. The zero-order valence-electron chi connectivity index (χ0n) is 8.30. The second-order valence-electron chi connectivity index (χ2n) is 4.00. The minimum absolute atomic E-state index is 0.905. The van der Waals surface area contributed by atoms with Crippen molar-refractivity contribution < 1.29 is 0 Å². The van der Waals surface area contributed by atoms with Gasteiger partial charge in [-0.25, -0.2) is 4.98 Å². The van der Waals surface area contributed by atoms with Crippen LogP contribution >= 0.6 is 0 Å². The van der Waals surface area contributed by atoms with Gasteiger partial charge in [0.15, 0.2) is 0 Å². The molecular formula is C11H16N2. The van der Waals surface area contributed by atoms with Crippen LogP contribution in [0.1, 0.15) is 24.0 Å². The molecule has 0 bridgehead atoms. The summed E-state index contributed by atoms with van der Waals surface area (Å²) in [5, 5.41) is 3.39. The maximum atomic E-state index is 4.37. The van der Waals surface area contributed by atoms with Gasteiger partial charge in [0.25, 0.3) is 0 Å². The molecule has 70 valence electrons. The summed E-state index contributed by atoms with van der Waals surface area (Å²) < 4.78 is 0. The Balaban J connectivity index is 2.01. The van der Waals surface area contributed by atoms with Crippen LogP contribution in [0.5, 0.6) is 0 Å². The highest BCUT2D eigenvalue weighted by Gasteiger charge is 2.20. The van der Waals surface area contributed by atoms with Gasteiger partial charge in [0.1, 0.15) is 5.82 Å². The molecule has 1 N–H and O–H groups in total. The highest BCUT2D eigenvalue weighted by Crippen LogP contribution is 2.29. The summed E-state index contributed by atoms with van der Waals surface area (Å²) in [5.41, 5.74) is 2.48. The standard InChI is InChI=1S/C11H16N2/c1-8-5-9(2)11(12-6-8)13-7-10-3-4-10/h5-6,10H,3-4,7H2,1-2H3,(H,12,13). The summed E-state index contributed by atoms with van der Waals surface area (Å²) in [4.78, 5) is 4.37. The SMILES string of the molecule is Cc1cnc(NCC2CC2)c(C)c1. The Kier molecular flexibility index (Phi) is 2.21. The molecule has 1 aliphatic rings. The molecule has 0 radical (unpaired) electrons. The van der Waals surface area contributed by atoms with E-state index < -0.39 is 0 Å². The Morgan fingerprint density at radius 2 is 2.23 bits per heavy atom. The molecule has 0 unspecified atom stereocenters. The van der Waals surface area contributed by atoms with Crippen molar-refractivity contribution in [3.63, 3.8) is 0 Å².